The summed E-state index contributed by atoms with van der Waals surface area (Å²) in [6.45, 7) is 0. The molecule has 0 aliphatic heterocycles. The number of anilines is 1. The lowest BCUT2D eigenvalue weighted by molar-refractivity contribution is 0.147. The second kappa shape index (κ2) is 7.97. The molecule has 10 heteroatoms. The van der Waals surface area contributed by atoms with E-state index < -0.39 is 36.3 Å². The first-order valence-corrected chi connectivity index (χ1v) is 8.14. The van der Waals surface area contributed by atoms with Crippen LogP contribution in [0.15, 0.2) is 36.4 Å². The molecule has 0 saturated carbocycles. The maximum Gasteiger partial charge on any atom is 0.347 e. The molecule has 1 aromatic heterocycles. The number of nitrogens with one attached hydrogen (secondary N) is 1. The van der Waals surface area contributed by atoms with Crippen molar-refractivity contribution in [2.24, 2.45) is 0 Å². The molecule has 0 aliphatic rings. The smallest absolute Gasteiger partial charge is 0.305 e. The van der Waals surface area contributed by atoms with Gasteiger partial charge in [-0.2, -0.15) is 9.78 Å². The highest BCUT2D eigenvalue weighted by atomic mass is 35.5. The summed E-state index contributed by atoms with van der Waals surface area (Å²) in [5.74, 6) is -3.66. The van der Waals surface area contributed by atoms with Crippen LogP contribution >= 0.6 is 11.6 Å². The zero-order chi connectivity index (χ0) is 20.4. The van der Waals surface area contributed by atoms with E-state index in [2.05, 4.69) is 16.5 Å². The number of rotatable bonds is 4. The molecule has 0 fully saturated rings. The van der Waals surface area contributed by atoms with Gasteiger partial charge in [-0.15, -0.1) is 0 Å². The van der Waals surface area contributed by atoms with Gasteiger partial charge in [0.15, 0.2) is 11.6 Å². The third-order valence-corrected chi connectivity index (χ3v) is 3.92. The first-order chi connectivity index (χ1) is 13.3. The summed E-state index contributed by atoms with van der Waals surface area (Å²) in [6.07, 6.45) is -3.44. The number of para-hydroxylation sites is 1. The van der Waals surface area contributed by atoms with Crippen molar-refractivity contribution >= 4 is 23.3 Å². The van der Waals surface area contributed by atoms with Gasteiger partial charge in [-0.1, -0.05) is 29.8 Å². The normalized spacial score (nSPS) is 11.1. The van der Waals surface area contributed by atoms with Crippen LogP contribution in [-0.2, 0) is 6.42 Å². The molecule has 3 rings (SSSR count). The van der Waals surface area contributed by atoms with Gasteiger partial charge in [-0.05, 0) is 12.1 Å². The maximum atomic E-state index is 14.1. The van der Waals surface area contributed by atoms with Gasteiger partial charge >= 0.3 is 6.03 Å². The van der Waals surface area contributed by atoms with Gasteiger partial charge in [-0.25, -0.2) is 26.7 Å². The molecule has 2 aromatic carbocycles. The number of amides is 1. The van der Waals surface area contributed by atoms with Crippen LogP contribution in [0.2, 0.25) is 5.15 Å². The Hall–Kier alpha value is -2.94. The molecule has 0 bridgehead atoms. The molecule has 0 atom stereocenters. The van der Waals surface area contributed by atoms with E-state index in [0.717, 1.165) is 0 Å². The molecule has 28 heavy (non-hydrogen) atoms. The number of carbonyl (C=O) groups excluding carboxylic acids is 1. The topological polar surface area (TPSA) is 46.9 Å². The molecule has 1 amide bonds. The third-order valence-electron chi connectivity index (χ3n) is 3.66. The van der Waals surface area contributed by atoms with E-state index in [1.54, 1.807) is 0 Å². The molecule has 0 aliphatic carbocycles. The monoisotopic (exact) mass is 414 g/mol. The highest BCUT2D eigenvalue weighted by Gasteiger charge is 2.19. The summed E-state index contributed by atoms with van der Waals surface area (Å²) < 4.78 is 66.3. The summed E-state index contributed by atoms with van der Waals surface area (Å²) in [6, 6.07) is 8.22. The summed E-state index contributed by atoms with van der Waals surface area (Å²) in [7, 11) is 0. The third kappa shape index (κ3) is 4.14. The van der Waals surface area contributed by atoms with E-state index in [9.17, 15) is 26.7 Å². The average molecular weight is 415 g/mol. The molecule has 4 nitrogen and oxygen atoms in total. The van der Waals surface area contributed by atoms with Crippen LogP contribution in [0.5, 0.6) is 0 Å². The summed E-state index contributed by atoms with van der Waals surface area (Å²) in [5, 5.41) is 5.70. The molecule has 1 heterocycles. The molecular weight excluding hydrogens is 405 g/mol. The zero-order valence-electron chi connectivity index (χ0n) is 13.8. The summed E-state index contributed by atoms with van der Waals surface area (Å²) in [5.41, 5.74) is -0.395. The van der Waals surface area contributed by atoms with Crippen molar-refractivity contribution in [3.63, 3.8) is 0 Å². The number of halogens is 6. The molecular formula is C18H10ClF5N3O. The van der Waals surface area contributed by atoms with Gasteiger partial charge in [-0.3, -0.25) is 0 Å². The van der Waals surface area contributed by atoms with Crippen LogP contribution in [0.1, 0.15) is 5.69 Å². The van der Waals surface area contributed by atoms with Crippen molar-refractivity contribution in [2.75, 3.05) is 5.32 Å². The van der Waals surface area contributed by atoms with E-state index >= 15 is 0 Å². The predicted octanol–water partition coefficient (Wildman–Crippen LogP) is 5.31. The number of benzene rings is 2. The molecule has 0 saturated heterocycles. The van der Waals surface area contributed by atoms with Crippen LogP contribution in [0.4, 0.5) is 32.4 Å². The van der Waals surface area contributed by atoms with Crippen LogP contribution in [0, 0.1) is 23.5 Å². The van der Waals surface area contributed by atoms with Gasteiger partial charge in [0, 0.05) is 23.3 Å². The Morgan fingerprint density at radius 1 is 1.11 bits per heavy atom. The second-order valence-electron chi connectivity index (χ2n) is 5.59. The molecule has 0 unspecified atom stereocenters. The lowest BCUT2D eigenvalue weighted by Gasteiger charge is -2.12. The average Bonchev–Trinajstić information content (AvgIpc) is 2.98. The fourth-order valence-electron chi connectivity index (χ4n) is 2.46. The SMILES string of the molecule is O=C(Nc1ccccc1-c1cc(F)c(F)cc1F)n1nc(CC(F)F)[c]c1Cl. The van der Waals surface area contributed by atoms with Gasteiger partial charge < -0.3 is 5.32 Å². The second-order valence-corrected chi connectivity index (χ2v) is 5.95. The Morgan fingerprint density at radius 3 is 2.50 bits per heavy atom. The maximum absolute atomic E-state index is 14.1. The van der Waals surface area contributed by atoms with Crippen molar-refractivity contribution in [2.45, 2.75) is 12.8 Å². The van der Waals surface area contributed by atoms with Crippen molar-refractivity contribution < 1.29 is 26.7 Å². The lowest BCUT2D eigenvalue weighted by Crippen LogP contribution is -2.21. The fraction of sp³-hybridized carbons (Fsp3) is 0.111. The van der Waals surface area contributed by atoms with E-state index in [4.69, 9.17) is 11.6 Å². The summed E-state index contributed by atoms with van der Waals surface area (Å²) >= 11 is 5.80. The van der Waals surface area contributed by atoms with Gasteiger partial charge in [0.05, 0.1) is 17.8 Å². The van der Waals surface area contributed by atoms with E-state index in [0.29, 0.717) is 16.8 Å². The lowest BCUT2D eigenvalue weighted by atomic mass is 10.0. The molecule has 1 N–H and O–H groups in total. The number of hydrogen-bond acceptors (Lipinski definition) is 2. The first kappa shape index (κ1) is 19.8. The number of nitrogens with zero attached hydrogens (tertiary/aromatic N) is 2. The van der Waals surface area contributed by atoms with E-state index in [-0.39, 0.29) is 27.7 Å². The molecule has 145 valence electrons. The minimum atomic E-state index is -2.70. The van der Waals surface area contributed by atoms with Gasteiger partial charge in [0.1, 0.15) is 11.0 Å². The molecule has 3 aromatic rings. The van der Waals surface area contributed by atoms with Crippen molar-refractivity contribution in [1.82, 2.24) is 9.78 Å². The Morgan fingerprint density at radius 2 is 1.79 bits per heavy atom. The van der Waals surface area contributed by atoms with Crippen molar-refractivity contribution in [3.05, 3.63) is 70.8 Å². The predicted molar refractivity (Wildman–Crippen MR) is 91.9 cm³/mol. The van der Waals surface area contributed by atoms with Gasteiger partial charge in [0.2, 0.25) is 6.43 Å². The number of hydrogen-bond donors (Lipinski definition) is 1. The summed E-state index contributed by atoms with van der Waals surface area (Å²) in [4.78, 5) is 12.4. The minimum Gasteiger partial charge on any atom is -0.305 e. The number of alkyl halides is 2. The van der Waals surface area contributed by atoms with Gasteiger partial charge in [0.25, 0.3) is 0 Å². The van der Waals surface area contributed by atoms with E-state index in [1.807, 2.05) is 0 Å². The van der Waals surface area contributed by atoms with Crippen molar-refractivity contribution in [3.8, 4) is 11.1 Å². The standard InChI is InChI=1S/C18H10ClF5N3O/c19-16-5-9(6-17(23)24)26-27(16)18(28)25-15-4-2-1-3-10(15)11-7-13(21)14(22)8-12(11)20/h1-4,7-8,17H,6H2,(H,25,28). The van der Waals surface area contributed by atoms with Crippen LogP contribution in [0.25, 0.3) is 11.1 Å². The van der Waals surface area contributed by atoms with Crippen LogP contribution < -0.4 is 5.32 Å². The molecule has 0 spiro atoms. The Balaban J connectivity index is 1.94. The Labute approximate surface area is 160 Å². The van der Waals surface area contributed by atoms with Crippen molar-refractivity contribution in [1.29, 1.82) is 0 Å². The van der Waals surface area contributed by atoms with E-state index in [1.165, 1.54) is 24.3 Å². The number of aromatic nitrogens is 2. The minimum absolute atomic E-state index is 0.0411. The van der Waals surface area contributed by atoms with Crippen LogP contribution in [-0.4, -0.2) is 22.2 Å². The highest BCUT2D eigenvalue weighted by Crippen LogP contribution is 2.31. The first-order valence-electron chi connectivity index (χ1n) is 7.76. The fourth-order valence-corrected chi connectivity index (χ4v) is 2.68. The quantitative estimate of drug-likeness (QED) is 0.464. The highest BCUT2D eigenvalue weighted by molar-refractivity contribution is 6.30. The Kier molecular flexibility index (Phi) is 5.64. The number of carbonyl (C=O) groups is 1. The Bertz CT molecular complexity index is 1040. The van der Waals surface area contributed by atoms with Crippen LogP contribution in [0.3, 0.4) is 0 Å². The molecule has 1 radical (unpaired) electrons. The zero-order valence-corrected chi connectivity index (χ0v) is 14.6. The largest absolute Gasteiger partial charge is 0.347 e.